The summed E-state index contributed by atoms with van der Waals surface area (Å²) in [5, 5.41) is 14.2. The van der Waals surface area contributed by atoms with Crippen molar-refractivity contribution in [3.63, 3.8) is 0 Å². The molecule has 7 nitrogen and oxygen atoms in total. The molecule has 1 aliphatic heterocycles. The van der Waals surface area contributed by atoms with Gasteiger partial charge in [-0.3, -0.25) is 4.90 Å². The number of aromatic nitrogens is 2. The number of nitriles is 1. The van der Waals surface area contributed by atoms with Crippen LogP contribution < -0.4 is 0 Å². The Hall–Kier alpha value is -3.79. The monoisotopic (exact) mass is 585 g/mol. The summed E-state index contributed by atoms with van der Waals surface area (Å²) in [6, 6.07) is 16.4. The van der Waals surface area contributed by atoms with Gasteiger partial charge in [-0.05, 0) is 78.7 Å². The van der Waals surface area contributed by atoms with Gasteiger partial charge >= 0.3 is 6.18 Å². The van der Waals surface area contributed by atoms with Gasteiger partial charge in [0.25, 0.3) is 0 Å². The normalized spacial score (nSPS) is 17.9. The molecule has 2 atom stereocenters. The molecule has 1 saturated heterocycles. The molecule has 1 fully saturated rings. The van der Waals surface area contributed by atoms with Gasteiger partial charge in [-0.1, -0.05) is 6.92 Å². The molecule has 5 rings (SSSR count). The third kappa shape index (κ3) is 5.70. The van der Waals surface area contributed by atoms with Crippen LogP contribution in [0.15, 0.2) is 71.8 Å². The number of nitrogens with zero attached hydrogens (tertiary/aromatic N) is 5. The number of halogens is 4. The Bertz CT molecular complexity index is 1710. The van der Waals surface area contributed by atoms with Gasteiger partial charge in [0.2, 0.25) is 10.0 Å². The second-order valence-corrected chi connectivity index (χ2v) is 12.2. The van der Waals surface area contributed by atoms with Gasteiger partial charge in [0, 0.05) is 37.6 Å². The van der Waals surface area contributed by atoms with Crippen molar-refractivity contribution in [2.75, 3.05) is 26.2 Å². The van der Waals surface area contributed by atoms with Crippen LogP contribution >= 0.6 is 0 Å². The lowest BCUT2D eigenvalue weighted by molar-refractivity contribution is -0.176. The fourth-order valence-corrected chi connectivity index (χ4v) is 6.61. The molecule has 0 aliphatic carbocycles. The van der Waals surface area contributed by atoms with Crippen molar-refractivity contribution in [1.82, 2.24) is 19.0 Å². The minimum Gasteiger partial charge on any atom is -0.293 e. The van der Waals surface area contributed by atoms with Crippen LogP contribution in [-0.2, 0) is 10.0 Å². The van der Waals surface area contributed by atoms with Crippen LogP contribution in [0.4, 0.5) is 17.6 Å². The Morgan fingerprint density at radius 2 is 1.76 bits per heavy atom. The number of aryl methyl sites for hydroxylation is 1. The zero-order valence-electron chi connectivity index (χ0n) is 22.3. The first kappa shape index (κ1) is 28.7. The molecule has 2 heterocycles. The van der Waals surface area contributed by atoms with Gasteiger partial charge in [0.1, 0.15) is 5.82 Å². The van der Waals surface area contributed by atoms with Gasteiger partial charge in [0.15, 0.2) is 0 Å². The zero-order valence-corrected chi connectivity index (χ0v) is 23.1. The van der Waals surface area contributed by atoms with Crippen molar-refractivity contribution < 1.29 is 26.0 Å². The Kier molecular flexibility index (Phi) is 7.63. The number of piperazine rings is 1. The largest absolute Gasteiger partial charge is 0.392 e. The van der Waals surface area contributed by atoms with Crippen LogP contribution in [0.1, 0.15) is 29.7 Å². The first-order chi connectivity index (χ1) is 19.4. The van der Waals surface area contributed by atoms with Crippen molar-refractivity contribution in [2.45, 2.75) is 31.0 Å². The summed E-state index contributed by atoms with van der Waals surface area (Å²) in [4.78, 5) is 1.71. The molecule has 12 heteroatoms. The molecule has 0 amide bonds. The van der Waals surface area contributed by atoms with E-state index in [2.05, 4.69) is 5.10 Å². The molecule has 3 aromatic carbocycles. The van der Waals surface area contributed by atoms with Crippen LogP contribution in [0, 0.1) is 30.0 Å². The molecule has 0 radical (unpaired) electrons. The van der Waals surface area contributed by atoms with Gasteiger partial charge in [0.05, 0.1) is 39.8 Å². The van der Waals surface area contributed by atoms with E-state index >= 15 is 0 Å². The van der Waals surface area contributed by atoms with Crippen molar-refractivity contribution in [1.29, 1.82) is 5.26 Å². The van der Waals surface area contributed by atoms with Crippen LogP contribution in [0.25, 0.3) is 16.6 Å². The number of rotatable bonds is 6. The van der Waals surface area contributed by atoms with E-state index in [0.717, 1.165) is 18.0 Å². The minimum absolute atomic E-state index is 0.0140. The molecule has 214 valence electrons. The van der Waals surface area contributed by atoms with Crippen LogP contribution in [-0.4, -0.2) is 59.8 Å². The third-order valence-electron chi connectivity index (χ3n) is 7.53. The summed E-state index contributed by atoms with van der Waals surface area (Å²) in [5.41, 5.74) is 3.15. The average Bonchev–Trinajstić information content (AvgIpc) is 3.35. The summed E-state index contributed by atoms with van der Waals surface area (Å²) < 4.78 is 84.2. The maximum atomic E-state index is 13.6. The molecule has 0 spiro atoms. The highest BCUT2D eigenvalue weighted by Crippen LogP contribution is 2.36. The quantitative estimate of drug-likeness (QED) is 0.276. The lowest BCUT2D eigenvalue weighted by Crippen LogP contribution is -2.52. The van der Waals surface area contributed by atoms with Crippen LogP contribution in [0.5, 0.6) is 0 Å². The van der Waals surface area contributed by atoms with Crippen molar-refractivity contribution in [3.8, 4) is 11.8 Å². The second kappa shape index (κ2) is 10.9. The van der Waals surface area contributed by atoms with Crippen molar-refractivity contribution in [2.24, 2.45) is 5.92 Å². The first-order valence-corrected chi connectivity index (χ1v) is 14.4. The van der Waals surface area contributed by atoms with Crippen LogP contribution in [0.3, 0.4) is 0 Å². The molecular formula is C29H27F4N5O2S. The summed E-state index contributed by atoms with van der Waals surface area (Å²) in [6.07, 6.45) is -2.77. The van der Waals surface area contributed by atoms with Crippen molar-refractivity contribution >= 4 is 20.9 Å². The minimum atomic E-state index is -4.40. The summed E-state index contributed by atoms with van der Waals surface area (Å²) in [7, 11) is -3.97. The third-order valence-corrected chi connectivity index (χ3v) is 9.41. The summed E-state index contributed by atoms with van der Waals surface area (Å²) in [5.74, 6) is -1.99. The number of sulfonamides is 1. The van der Waals surface area contributed by atoms with Crippen LogP contribution in [0.2, 0.25) is 0 Å². The van der Waals surface area contributed by atoms with E-state index < -0.39 is 28.2 Å². The fraction of sp³-hybridized carbons (Fsp3) is 0.310. The standard InChI is InChI=1S/C29H27F4N5O2S/c1-19-13-27-22(16-35-38(27)24-7-5-23(30)6-8-24)14-26(19)28-18-37(12-11-36(28)17-20(2)29(31,32)33)41(39,40)25-9-3-21(15-34)4-10-25/h3-10,13-14,16,20,28H,11-12,17-18H2,1-2H3/t20?,28-/m0/s1. The molecule has 1 aromatic heterocycles. The molecule has 4 aromatic rings. The van der Waals surface area contributed by atoms with E-state index in [1.54, 1.807) is 27.9 Å². The number of hydrogen-bond donors (Lipinski definition) is 0. The number of alkyl halides is 3. The predicted octanol–water partition coefficient (Wildman–Crippen LogP) is 5.59. The first-order valence-electron chi connectivity index (χ1n) is 12.9. The van der Waals surface area contributed by atoms with E-state index in [1.165, 1.54) is 40.7 Å². The predicted molar refractivity (Wildman–Crippen MR) is 145 cm³/mol. The van der Waals surface area contributed by atoms with Gasteiger partial charge in [-0.25, -0.2) is 17.5 Å². The molecule has 0 saturated carbocycles. The van der Waals surface area contributed by atoms with E-state index in [-0.39, 0.29) is 36.9 Å². The fourth-order valence-electron chi connectivity index (χ4n) is 5.18. The molecule has 41 heavy (non-hydrogen) atoms. The number of hydrogen-bond acceptors (Lipinski definition) is 5. The summed E-state index contributed by atoms with van der Waals surface area (Å²) in [6.45, 7) is 2.74. The van der Waals surface area contributed by atoms with E-state index in [0.29, 0.717) is 22.2 Å². The molecule has 1 aliphatic rings. The smallest absolute Gasteiger partial charge is 0.293 e. The lowest BCUT2D eigenvalue weighted by Gasteiger charge is -2.42. The Labute approximate surface area is 235 Å². The maximum absolute atomic E-state index is 13.6. The van der Waals surface area contributed by atoms with Crippen molar-refractivity contribution in [3.05, 3.63) is 89.4 Å². The van der Waals surface area contributed by atoms with Gasteiger partial charge < -0.3 is 0 Å². The van der Waals surface area contributed by atoms with Gasteiger partial charge in [-0.2, -0.15) is 27.8 Å². The Morgan fingerprint density at radius 3 is 2.39 bits per heavy atom. The molecule has 0 N–H and O–H groups in total. The highest BCUT2D eigenvalue weighted by atomic mass is 32.2. The van der Waals surface area contributed by atoms with E-state index in [4.69, 9.17) is 5.26 Å². The Balaban J connectivity index is 1.53. The summed E-state index contributed by atoms with van der Waals surface area (Å²) >= 11 is 0. The number of fused-ring (bicyclic) bond motifs is 1. The maximum Gasteiger partial charge on any atom is 0.392 e. The molecule has 0 bridgehead atoms. The topological polar surface area (TPSA) is 82.2 Å². The highest BCUT2D eigenvalue weighted by Gasteiger charge is 2.41. The average molecular weight is 586 g/mol. The molecular weight excluding hydrogens is 558 g/mol. The molecule has 1 unspecified atom stereocenters. The number of benzene rings is 3. The lowest BCUT2D eigenvalue weighted by atomic mass is 9.95. The highest BCUT2D eigenvalue weighted by molar-refractivity contribution is 7.89. The second-order valence-electron chi connectivity index (χ2n) is 10.3. The zero-order chi connectivity index (χ0) is 29.5. The Morgan fingerprint density at radius 1 is 1.07 bits per heavy atom. The van der Waals surface area contributed by atoms with Gasteiger partial charge in [-0.15, -0.1) is 0 Å². The van der Waals surface area contributed by atoms with E-state index in [9.17, 15) is 26.0 Å². The van der Waals surface area contributed by atoms with E-state index in [1.807, 2.05) is 25.1 Å². The SMILES string of the molecule is Cc1cc2c(cnn2-c2ccc(F)cc2)cc1[C@@H]1CN(S(=O)(=O)c2ccc(C#N)cc2)CCN1CC(C)C(F)(F)F.